The molecule has 0 saturated heterocycles. The summed E-state index contributed by atoms with van der Waals surface area (Å²) >= 11 is 0. The van der Waals surface area contributed by atoms with E-state index in [1.165, 1.54) is 12.1 Å². The summed E-state index contributed by atoms with van der Waals surface area (Å²) in [6, 6.07) is 4.14. The molecule has 1 atom stereocenters. The zero-order valence-electron chi connectivity index (χ0n) is 13.0. The van der Waals surface area contributed by atoms with Crippen LogP contribution < -0.4 is 4.74 Å². The average Bonchev–Trinajstić information content (AvgIpc) is 2.45. The largest absolute Gasteiger partial charge is 0.494 e. The van der Waals surface area contributed by atoms with Gasteiger partial charge in [-0.1, -0.05) is 13.3 Å². The van der Waals surface area contributed by atoms with Crippen LogP contribution in [0.2, 0.25) is 0 Å². The molecule has 1 radical (unpaired) electrons. The number of amides is 1. The van der Waals surface area contributed by atoms with Crippen LogP contribution in [0, 0.1) is 17.8 Å². The van der Waals surface area contributed by atoms with Gasteiger partial charge in [-0.2, -0.15) is 0 Å². The Hall–Kier alpha value is -0.876. The zero-order valence-corrected chi connectivity index (χ0v) is 15.8. The van der Waals surface area contributed by atoms with E-state index in [-0.39, 0.29) is 50.4 Å². The van der Waals surface area contributed by atoms with Crippen LogP contribution in [0.4, 0.5) is 13.2 Å². The van der Waals surface area contributed by atoms with Crippen LogP contribution in [-0.4, -0.2) is 30.4 Å². The number of halogens is 3. The van der Waals surface area contributed by atoms with E-state index in [1.807, 2.05) is 0 Å². The van der Waals surface area contributed by atoms with Gasteiger partial charge < -0.3 is 9.64 Å². The van der Waals surface area contributed by atoms with Crippen molar-refractivity contribution in [3.8, 4) is 5.75 Å². The van der Waals surface area contributed by atoms with Crippen molar-refractivity contribution in [1.29, 1.82) is 0 Å². The van der Waals surface area contributed by atoms with E-state index in [2.05, 4.69) is 6.08 Å². The third kappa shape index (κ3) is 4.80. The van der Waals surface area contributed by atoms with Gasteiger partial charge in [-0.05, 0) is 19.1 Å². The number of ether oxygens (including phenoxy) is 1. The first kappa shape index (κ1) is 20.2. The molecule has 123 valence electrons. The number of hydrogen-bond acceptors (Lipinski definition) is 2. The molecule has 0 aliphatic carbocycles. The van der Waals surface area contributed by atoms with Crippen molar-refractivity contribution in [2.45, 2.75) is 26.7 Å². The minimum atomic E-state index is -2.70. The van der Waals surface area contributed by atoms with Crippen molar-refractivity contribution in [3.63, 3.8) is 0 Å². The Balaban J connectivity index is 0.00000264. The van der Waals surface area contributed by atoms with Crippen LogP contribution >= 0.6 is 0 Å². The SMILES string of the molecule is CCOc1ccc(C2=[C-]CC(C)C(=O)N2CC(F)F)c(F)c1.[Y]. The van der Waals surface area contributed by atoms with Crippen LogP contribution in [0.15, 0.2) is 18.2 Å². The fourth-order valence-corrected chi connectivity index (χ4v) is 2.31. The molecule has 1 aliphatic rings. The number of benzene rings is 1. The maximum absolute atomic E-state index is 14.2. The van der Waals surface area contributed by atoms with E-state index in [0.29, 0.717) is 12.4 Å². The Bertz CT molecular complexity index is 593. The average molecular weight is 401 g/mol. The molecule has 0 N–H and O–H groups in total. The molecule has 2 rings (SSSR count). The normalized spacial score (nSPS) is 17.8. The molecule has 0 bridgehead atoms. The van der Waals surface area contributed by atoms with Crippen LogP contribution in [0.1, 0.15) is 25.8 Å². The topological polar surface area (TPSA) is 29.5 Å². The molecule has 7 heteroatoms. The van der Waals surface area contributed by atoms with Gasteiger partial charge in [0.15, 0.2) is 0 Å². The summed E-state index contributed by atoms with van der Waals surface area (Å²) in [6.07, 6.45) is 0.452. The standard InChI is InChI=1S/C16H17F3NO2.Y/c1-3-22-11-5-6-12(13(17)8-11)14-7-4-10(2)16(21)20(14)9-15(18)19;/h5-6,8,10,15H,3-4,9H2,1-2H3;/q-1;. The maximum atomic E-state index is 14.2. The second kappa shape index (κ2) is 8.83. The second-order valence-corrected chi connectivity index (χ2v) is 5.05. The van der Waals surface area contributed by atoms with E-state index in [4.69, 9.17) is 4.74 Å². The minimum Gasteiger partial charge on any atom is -0.494 e. The Morgan fingerprint density at radius 1 is 1.43 bits per heavy atom. The van der Waals surface area contributed by atoms with Crippen LogP contribution in [0.25, 0.3) is 5.70 Å². The Kier molecular flexibility index (Phi) is 7.74. The van der Waals surface area contributed by atoms with Crippen LogP contribution in [-0.2, 0) is 37.5 Å². The Morgan fingerprint density at radius 2 is 2.13 bits per heavy atom. The van der Waals surface area contributed by atoms with Crippen LogP contribution in [0.5, 0.6) is 5.75 Å². The van der Waals surface area contributed by atoms with Gasteiger partial charge in [0.2, 0.25) is 5.91 Å². The smallest absolute Gasteiger partial charge is 0.256 e. The molecule has 1 heterocycles. The van der Waals surface area contributed by atoms with Crippen molar-refractivity contribution in [2.24, 2.45) is 5.92 Å². The molecule has 0 aromatic heterocycles. The predicted octanol–water partition coefficient (Wildman–Crippen LogP) is 3.50. The van der Waals surface area contributed by atoms with Crippen molar-refractivity contribution < 1.29 is 55.4 Å². The zero-order chi connectivity index (χ0) is 16.3. The number of hydrogen-bond donors (Lipinski definition) is 0. The fourth-order valence-electron chi connectivity index (χ4n) is 2.31. The predicted molar refractivity (Wildman–Crippen MR) is 75.7 cm³/mol. The molecule has 0 fully saturated rings. The fraction of sp³-hybridized carbons (Fsp3) is 0.438. The summed E-state index contributed by atoms with van der Waals surface area (Å²) in [4.78, 5) is 13.0. The Labute approximate surface area is 158 Å². The number of carbonyl (C=O) groups is 1. The van der Waals surface area contributed by atoms with Crippen molar-refractivity contribution >= 4 is 11.6 Å². The van der Waals surface area contributed by atoms with Gasteiger partial charge >= 0.3 is 0 Å². The first-order valence-corrected chi connectivity index (χ1v) is 7.07. The van der Waals surface area contributed by atoms with E-state index >= 15 is 0 Å². The molecule has 1 aliphatic heterocycles. The van der Waals surface area contributed by atoms with Gasteiger partial charge in [-0.3, -0.25) is 4.79 Å². The van der Waals surface area contributed by atoms with Gasteiger partial charge in [0, 0.05) is 38.6 Å². The number of rotatable bonds is 5. The molecular formula is C16H17F3NO2Y-. The van der Waals surface area contributed by atoms with Gasteiger partial charge in [-0.25, -0.2) is 19.2 Å². The summed E-state index contributed by atoms with van der Waals surface area (Å²) in [5.74, 6) is -1.16. The number of allylic oxidation sites excluding steroid dienone is 1. The first-order valence-electron chi connectivity index (χ1n) is 7.07. The second-order valence-electron chi connectivity index (χ2n) is 5.05. The van der Waals surface area contributed by atoms with Gasteiger partial charge in [0.25, 0.3) is 6.43 Å². The first-order chi connectivity index (χ1) is 10.4. The maximum Gasteiger partial charge on any atom is 0.256 e. The van der Waals surface area contributed by atoms with Crippen LogP contribution in [0.3, 0.4) is 0 Å². The molecule has 23 heavy (non-hydrogen) atoms. The third-order valence-electron chi connectivity index (χ3n) is 3.36. The quantitative estimate of drug-likeness (QED) is 0.707. The molecule has 0 saturated carbocycles. The third-order valence-corrected chi connectivity index (χ3v) is 3.36. The van der Waals surface area contributed by atoms with E-state index in [0.717, 1.165) is 4.90 Å². The summed E-state index contributed by atoms with van der Waals surface area (Å²) in [5, 5.41) is 0. The molecule has 1 aromatic carbocycles. The molecule has 1 amide bonds. The van der Waals surface area contributed by atoms with Gasteiger partial charge in [-0.15, -0.1) is 17.3 Å². The molecule has 1 aromatic rings. The van der Waals surface area contributed by atoms with Gasteiger partial charge in [0.05, 0.1) is 19.0 Å². The Morgan fingerprint density at radius 3 is 2.70 bits per heavy atom. The van der Waals surface area contributed by atoms with E-state index < -0.39 is 30.6 Å². The van der Waals surface area contributed by atoms with Crippen molar-refractivity contribution in [2.75, 3.05) is 13.2 Å². The number of carbonyl (C=O) groups excluding carboxylic acids is 1. The summed E-state index contributed by atoms with van der Waals surface area (Å²) in [6.45, 7) is 3.03. The summed E-state index contributed by atoms with van der Waals surface area (Å²) in [5.41, 5.74) is 0.147. The molecular weight excluding hydrogens is 384 g/mol. The monoisotopic (exact) mass is 401 g/mol. The molecule has 0 spiro atoms. The summed E-state index contributed by atoms with van der Waals surface area (Å²) in [7, 11) is 0. The van der Waals surface area contributed by atoms with E-state index in [1.54, 1.807) is 19.9 Å². The van der Waals surface area contributed by atoms with Gasteiger partial charge in [0.1, 0.15) is 5.75 Å². The molecule has 1 unspecified atom stereocenters. The summed E-state index contributed by atoms with van der Waals surface area (Å²) < 4.78 is 44.9. The minimum absolute atomic E-state index is 0. The number of alkyl halides is 2. The van der Waals surface area contributed by atoms with E-state index in [9.17, 15) is 18.0 Å². The van der Waals surface area contributed by atoms with Crippen molar-refractivity contribution in [3.05, 3.63) is 35.7 Å². The van der Waals surface area contributed by atoms with Crippen molar-refractivity contribution in [1.82, 2.24) is 4.90 Å². The number of nitrogens with zero attached hydrogens (tertiary/aromatic N) is 1. The molecule has 3 nitrogen and oxygen atoms in total.